The van der Waals surface area contributed by atoms with Crippen LogP contribution in [0, 0.1) is 0 Å². The minimum atomic E-state index is -0.339. The Balaban J connectivity index is 1.87. The lowest BCUT2D eigenvalue weighted by Gasteiger charge is -2.12. The third-order valence-electron chi connectivity index (χ3n) is 4.17. The Kier molecular flexibility index (Phi) is 6.16. The van der Waals surface area contributed by atoms with E-state index in [0.717, 1.165) is 11.3 Å². The first kappa shape index (κ1) is 19.7. The zero-order valence-corrected chi connectivity index (χ0v) is 17.0. The topological polar surface area (TPSA) is 69.6 Å². The van der Waals surface area contributed by atoms with Crippen molar-refractivity contribution in [3.8, 4) is 11.5 Å². The Bertz CT molecular complexity index is 1050. The Hall–Kier alpha value is -3.06. The quantitative estimate of drug-likeness (QED) is 0.627. The molecule has 0 aliphatic heterocycles. The van der Waals surface area contributed by atoms with Crippen molar-refractivity contribution in [2.45, 2.75) is 6.54 Å². The van der Waals surface area contributed by atoms with Crippen LogP contribution in [0.25, 0.3) is 0 Å². The second-order valence-electron chi connectivity index (χ2n) is 6.01. The Labute approximate surface area is 170 Å². The van der Waals surface area contributed by atoms with E-state index in [-0.39, 0.29) is 11.5 Å². The van der Waals surface area contributed by atoms with Crippen molar-refractivity contribution in [1.82, 2.24) is 4.57 Å². The first-order valence-corrected chi connectivity index (χ1v) is 9.28. The number of hydrogen-bond donors (Lipinski definition) is 1. The maximum absolute atomic E-state index is 12.7. The van der Waals surface area contributed by atoms with Crippen LogP contribution in [0.3, 0.4) is 0 Å². The van der Waals surface area contributed by atoms with E-state index >= 15 is 0 Å². The van der Waals surface area contributed by atoms with Crippen molar-refractivity contribution >= 4 is 27.5 Å². The van der Waals surface area contributed by atoms with E-state index in [1.807, 2.05) is 30.3 Å². The molecule has 1 aromatic heterocycles. The molecule has 0 aliphatic carbocycles. The normalized spacial score (nSPS) is 10.4. The van der Waals surface area contributed by atoms with E-state index in [4.69, 9.17) is 9.47 Å². The molecule has 3 rings (SSSR count). The molecule has 2 aromatic carbocycles. The van der Waals surface area contributed by atoms with Crippen molar-refractivity contribution in [1.29, 1.82) is 0 Å². The molecule has 144 valence electrons. The fourth-order valence-electron chi connectivity index (χ4n) is 2.71. The number of aromatic nitrogens is 1. The number of methoxy groups -OCH3 is 2. The van der Waals surface area contributed by atoms with Gasteiger partial charge in [0.1, 0.15) is 11.5 Å². The number of carbonyl (C=O) groups excluding carboxylic acids is 1. The first-order chi connectivity index (χ1) is 13.5. The highest BCUT2D eigenvalue weighted by Gasteiger charge is 2.13. The third-order valence-corrected chi connectivity index (χ3v) is 4.74. The number of nitrogens with zero attached hydrogens (tertiary/aromatic N) is 1. The van der Waals surface area contributed by atoms with E-state index in [9.17, 15) is 9.59 Å². The van der Waals surface area contributed by atoms with Gasteiger partial charge in [-0.15, -0.1) is 0 Å². The fourth-order valence-corrected chi connectivity index (χ4v) is 3.19. The minimum Gasteiger partial charge on any atom is -0.497 e. The molecule has 6 nitrogen and oxygen atoms in total. The van der Waals surface area contributed by atoms with Crippen molar-refractivity contribution in [3.05, 3.63) is 86.7 Å². The Morgan fingerprint density at radius 2 is 1.79 bits per heavy atom. The molecule has 0 saturated heterocycles. The van der Waals surface area contributed by atoms with Gasteiger partial charge in [0.2, 0.25) is 0 Å². The van der Waals surface area contributed by atoms with Crippen LogP contribution in [-0.4, -0.2) is 24.7 Å². The van der Waals surface area contributed by atoms with E-state index in [1.165, 1.54) is 17.7 Å². The number of anilines is 1. The number of benzene rings is 2. The molecular weight excluding hydrogens is 424 g/mol. The molecule has 1 N–H and O–H groups in total. The van der Waals surface area contributed by atoms with Gasteiger partial charge in [0.15, 0.2) is 0 Å². The second kappa shape index (κ2) is 8.75. The number of hydrogen-bond acceptors (Lipinski definition) is 4. The number of ether oxygens (including phenoxy) is 2. The average molecular weight is 443 g/mol. The van der Waals surface area contributed by atoms with Gasteiger partial charge in [0, 0.05) is 6.20 Å². The monoisotopic (exact) mass is 442 g/mol. The highest BCUT2D eigenvalue weighted by atomic mass is 79.9. The lowest BCUT2D eigenvalue weighted by atomic mass is 10.2. The van der Waals surface area contributed by atoms with Crippen molar-refractivity contribution in [3.63, 3.8) is 0 Å². The van der Waals surface area contributed by atoms with E-state index in [2.05, 4.69) is 21.2 Å². The summed E-state index contributed by atoms with van der Waals surface area (Å²) in [5, 5.41) is 2.81. The summed E-state index contributed by atoms with van der Waals surface area (Å²) in [7, 11) is 3.14. The van der Waals surface area contributed by atoms with E-state index in [1.54, 1.807) is 31.5 Å². The van der Waals surface area contributed by atoms with Gasteiger partial charge in [-0.1, -0.05) is 24.3 Å². The molecule has 0 bridgehead atoms. The smallest absolute Gasteiger partial charge is 0.265 e. The van der Waals surface area contributed by atoms with Crippen molar-refractivity contribution in [2.75, 3.05) is 19.5 Å². The summed E-state index contributed by atoms with van der Waals surface area (Å²) in [5.41, 5.74) is 1.60. The molecule has 0 atom stereocenters. The summed E-state index contributed by atoms with van der Waals surface area (Å²) < 4.78 is 12.2. The predicted molar refractivity (Wildman–Crippen MR) is 111 cm³/mol. The number of halogens is 1. The highest BCUT2D eigenvalue weighted by molar-refractivity contribution is 9.10. The zero-order valence-electron chi connectivity index (χ0n) is 15.4. The maximum atomic E-state index is 12.7. The number of rotatable bonds is 6. The molecular formula is C21H19BrN2O4. The van der Waals surface area contributed by atoms with E-state index in [0.29, 0.717) is 28.0 Å². The lowest BCUT2D eigenvalue weighted by Crippen LogP contribution is -2.24. The molecule has 0 saturated carbocycles. The molecule has 0 aliphatic rings. The number of para-hydroxylation sites is 2. The van der Waals surface area contributed by atoms with Crippen LogP contribution in [0.4, 0.5) is 5.69 Å². The number of amides is 1. The van der Waals surface area contributed by atoms with Crippen molar-refractivity contribution in [2.24, 2.45) is 0 Å². The van der Waals surface area contributed by atoms with Crippen LogP contribution in [0.2, 0.25) is 0 Å². The molecule has 0 spiro atoms. The number of nitrogens with one attached hydrogen (secondary N) is 1. The third kappa shape index (κ3) is 4.43. The summed E-state index contributed by atoms with van der Waals surface area (Å²) in [6.45, 7) is 0.331. The second-order valence-corrected chi connectivity index (χ2v) is 6.87. The van der Waals surface area contributed by atoms with Gasteiger partial charge in [-0.25, -0.2) is 0 Å². The highest BCUT2D eigenvalue weighted by Crippen LogP contribution is 2.24. The molecule has 1 heterocycles. The molecule has 0 unspecified atom stereocenters. The van der Waals surface area contributed by atoms with Gasteiger partial charge >= 0.3 is 0 Å². The van der Waals surface area contributed by atoms with Gasteiger partial charge in [0.25, 0.3) is 11.5 Å². The Morgan fingerprint density at radius 1 is 1.07 bits per heavy atom. The van der Waals surface area contributed by atoms with Crippen LogP contribution in [0.1, 0.15) is 15.9 Å². The summed E-state index contributed by atoms with van der Waals surface area (Å²) in [5.74, 6) is 0.956. The van der Waals surface area contributed by atoms with Gasteiger partial charge in [-0.3, -0.25) is 9.59 Å². The van der Waals surface area contributed by atoms with Gasteiger partial charge in [-0.2, -0.15) is 0 Å². The van der Waals surface area contributed by atoms with Crippen molar-refractivity contribution < 1.29 is 14.3 Å². The van der Waals surface area contributed by atoms with Gasteiger partial charge in [-0.05, 0) is 51.8 Å². The summed E-state index contributed by atoms with van der Waals surface area (Å²) in [4.78, 5) is 25.2. The van der Waals surface area contributed by atoms with Crippen LogP contribution >= 0.6 is 15.9 Å². The first-order valence-electron chi connectivity index (χ1n) is 8.49. The SMILES string of the molecule is COc1ccc(Cn2cc(C(=O)Nc3ccccc3OC)cc(Br)c2=O)cc1. The van der Waals surface area contributed by atoms with Crippen LogP contribution < -0.4 is 20.3 Å². The number of pyridine rings is 1. The molecule has 7 heteroatoms. The standard InChI is InChI=1S/C21H19BrN2O4/c1-27-16-9-7-14(8-10-16)12-24-13-15(11-17(22)21(24)26)20(25)23-18-5-3-4-6-19(18)28-2/h3-11,13H,12H2,1-2H3,(H,23,25). The molecule has 0 fully saturated rings. The zero-order chi connectivity index (χ0) is 20.1. The molecule has 28 heavy (non-hydrogen) atoms. The van der Waals surface area contributed by atoms with E-state index < -0.39 is 0 Å². The average Bonchev–Trinajstić information content (AvgIpc) is 2.72. The number of carbonyl (C=O) groups is 1. The molecule has 1 amide bonds. The maximum Gasteiger partial charge on any atom is 0.265 e. The lowest BCUT2D eigenvalue weighted by molar-refractivity contribution is 0.102. The fraction of sp³-hybridized carbons (Fsp3) is 0.143. The van der Waals surface area contributed by atoms with Gasteiger partial charge < -0.3 is 19.4 Å². The largest absolute Gasteiger partial charge is 0.497 e. The molecule has 0 radical (unpaired) electrons. The van der Waals surface area contributed by atoms with Crippen LogP contribution in [0.15, 0.2) is 70.1 Å². The van der Waals surface area contributed by atoms with Crippen LogP contribution in [0.5, 0.6) is 11.5 Å². The summed E-state index contributed by atoms with van der Waals surface area (Å²) >= 11 is 3.26. The predicted octanol–water partition coefficient (Wildman–Crippen LogP) is 3.93. The van der Waals surface area contributed by atoms with Gasteiger partial charge in [0.05, 0.1) is 36.5 Å². The summed E-state index contributed by atoms with van der Waals surface area (Å²) in [6.07, 6.45) is 1.54. The summed E-state index contributed by atoms with van der Waals surface area (Å²) in [6, 6.07) is 16.1. The molecule has 3 aromatic rings. The minimum absolute atomic E-state index is 0.218. The van der Waals surface area contributed by atoms with Crippen LogP contribution in [-0.2, 0) is 6.54 Å². The Morgan fingerprint density at radius 3 is 2.46 bits per heavy atom.